The van der Waals surface area contributed by atoms with E-state index in [1.807, 2.05) is 0 Å². The van der Waals surface area contributed by atoms with Gasteiger partial charge in [-0.3, -0.25) is 9.59 Å². The van der Waals surface area contributed by atoms with Crippen LogP contribution in [0.4, 0.5) is 5.69 Å². The molecule has 28 heavy (non-hydrogen) atoms. The lowest BCUT2D eigenvalue weighted by atomic mass is 9.84. The van der Waals surface area contributed by atoms with Crippen LogP contribution in [-0.4, -0.2) is 40.1 Å². The van der Waals surface area contributed by atoms with Crippen molar-refractivity contribution in [1.29, 1.82) is 0 Å². The Morgan fingerprint density at radius 2 is 1.39 bits per heavy atom. The van der Waals surface area contributed by atoms with Gasteiger partial charge in [-0.1, -0.05) is 46.4 Å². The standard InChI is InChI=1S/C17H11Cl6NO4/c1-27-6-3-4-7(8(5-6)28-2)24-13(25)9-10(14(24)26)16(21)12(19)11(18)15(9,20)17(16,22)23/h3-5,9-10H,1-2H3. The van der Waals surface area contributed by atoms with E-state index >= 15 is 0 Å². The third kappa shape index (κ3) is 2.03. The molecule has 1 saturated heterocycles. The molecule has 150 valence electrons. The van der Waals surface area contributed by atoms with Crippen LogP contribution in [0.15, 0.2) is 28.3 Å². The lowest BCUT2D eigenvalue weighted by molar-refractivity contribution is -0.123. The molecule has 0 spiro atoms. The number of hydrogen-bond donors (Lipinski definition) is 0. The highest BCUT2D eigenvalue weighted by molar-refractivity contribution is 6.67. The number of amides is 2. The molecule has 1 aliphatic heterocycles. The molecule has 4 rings (SSSR count). The highest BCUT2D eigenvalue weighted by Gasteiger charge is 2.87. The van der Waals surface area contributed by atoms with Crippen molar-refractivity contribution in [2.75, 3.05) is 19.1 Å². The van der Waals surface area contributed by atoms with Crippen molar-refractivity contribution in [2.24, 2.45) is 11.8 Å². The zero-order chi connectivity index (χ0) is 20.8. The normalized spacial score (nSPS) is 35.6. The molecule has 1 heterocycles. The molecule has 0 radical (unpaired) electrons. The largest absolute Gasteiger partial charge is 0.497 e. The van der Waals surface area contributed by atoms with Gasteiger partial charge in [-0.15, -0.1) is 23.2 Å². The highest BCUT2D eigenvalue weighted by Crippen LogP contribution is 2.77. The van der Waals surface area contributed by atoms with Crippen LogP contribution in [0.3, 0.4) is 0 Å². The van der Waals surface area contributed by atoms with Crippen molar-refractivity contribution in [3.63, 3.8) is 0 Å². The maximum Gasteiger partial charge on any atom is 0.240 e. The molecule has 1 aromatic carbocycles. The fourth-order valence-electron chi connectivity index (χ4n) is 4.20. The minimum atomic E-state index is -1.96. The fourth-order valence-corrected chi connectivity index (χ4v) is 7.13. The average molecular weight is 506 g/mol. The minimum absolute atomic E-state index is 0.137. The third-order valence-electron chi connectivity index (χ3n) is 5.54. The third-order valence-corrected chi connectivity index (χ3v) is 9.80. The molecule has 0 aromatic heterocycles. The van der Waals surface area contributed by atoms with Crippen molar-refractivity contribution in [1.82, 2.24) is 0 Å². The van der Waals surface area contributed by atoms with E-state index in [9.17, 15) is 9.59 Å². The molecule has 0 N–H and O–H groups in total. The van der Waals surface area contributed by atoms with Crippen molar-refractivity contribution in [3.05, 3.63) is 28.3 Å². The second-order valence-electron chi connectivity index (χ2n) is 6.63. The van der Waals surface area contributed by atoms with Gasteiger partial charge in [-0.25, -0.2) is 4.90 Å². The molecule has 2 aliphatic carbocycles. The first-order valence-electron chi connectivity index (χ1n) is 7.91. The van der Waals surface area contributed by atoms with Gasteiger partial charge < -0.3 is 9.47 Å². The van der Waals surface area contributed by atoms with Crippen LogP contribution in [0, 0.1) is 11.8 Å². The summed E-state index contributed by atoms with van der Waals surface area (Å²) >= 11 is 38.9. The van der Waals surface area contributed by atoms with Crippen LogP contribution in [0.25, 0.3) is 0 Å². The van der Waals surface area contributed by atoms with Crippen LogP contribution < -0.4 is 14.4 Å². The molecule has 2 amide bonds. The van der Waals surface area contributed by atoms with Crippen LogP contribution in [0.5, 0.6) is 11.5 Å². The monoisotopic (exact) mass is 503 g/mol. The van der Waals surface area contributed by atoms with E-state index in [0.717, 1.165) is 4.90 Å². The molecular formula is C17H11Cl6NO4. The number of anilines is 1. The molecule has 1 aromatic rings. The van der Waals surface area contributed by atoms with Gasteiger partial charge in [0, 0.05) is 6.07 Å². The zero-order valence-corrected chi connectivity index (χ0v) is 18.8. The molecule has 3 aliphatic rings. The summed E-state index contributed by atoms with van der Waals surface area (Å²) < 4.78 is 8.50. The van der Waals surface area contributed by atoms with Gasteiger partial charge in [0.25, 0.3) is 0 Å². The number of rotatable bonds is 3. The predicted molar refractivity (Wildman–Crippen MR) is 109 cm³/mol. The summed E-state index contributed by atoms with van der Waals surface area (Å²) in [7, 11) is 2.88. The second kappa shape index (κ2) is 6.22. The first kappa shape index (κ1) is 20.7. The van der Waals surface area contributed by atoms with E-state index < -0.39 is 37.7 Å². The van der Waals surface area contributed by atoms with Crippen LogP contribution in [0.1, 0.15) is 0 Å². The topological polar surface area (TPSA) is 55.8 Å². The van der Waals surface area contributed by atoms with E-state index in [1.165, 1.54) is 26.4 Å². The van der Waals surface area contributed by atoms with Gasteiger partial charge >= 0.3 is 0 Å². The number of carbonyl (C=O) groups excluding carboxylic acids is 2. The summed E-state index contributed by atoms with van der Waals surface area (Å²) in [6, 6.07) is 4.64. The highest BCUT2D eigenvalue weighted by atomic mass is 35.5. The van der Waals surface area contributed by atoms with Gasteiger partial charge in [0.2, 0.25) is 11.8 Å². The van der Waals surface area contributed by atoms with Gasteiger partial charge in [-0.2, -0.15) is 0 Å². The number of carbonyl (C=O) groups is 2. The van der Waals surface area contributed by atoms with Gasteiger partial charge in [0.15, 0.2) is 4.33 Å². The lowest BCUT2D eigenvalue weighted by Gasteiger charge is -2.34. The summed E-state index contributed by atoms with van der Waals surface area (Å²) in [4.78, 5) is 23.9. The van der Waals surface area contributed by atoms with E-state index in [2.05, 4.69) is 0 Å². The number of allylic oxidation sites excluding steroid dienone is 2. The number of alkyl halides is 4. The van der Waals surface area contributed by atoms with E-state index in [4.69, 9.17) is 79.1 Å². The number of hydrogen-bond acceptors (Lipinski definition) is 4. The summed E-state index contributed by atoms with van der Waals surface area (Å²) in [5.74, 6) is -2.97. The molecule has 5 nitrogen and oxygen atoms in total. The maximum atomic E-state index is 13.3. The molecule has 4 unspecified atom stereocenters. The van der Waals surface area contributed by atoms with E-state index in [0.29, 0.717) is 5.75 Å². The Balaban J connectivity index is 1.89. The molecular weight excluding hydrogens is 495 g/mol. The van der Waals surface area contributed by atoms with Gasteiger partial charge in [-0.05, 0) is 12.1 Å². The molecule has 2 bridgehead atoms. The summed E-state index contributed by atoms with van der Waals surface area (Å²) in [6.45, 7) is 0. The maximum absolute atomic E-state index is 13.3. The molecule has 4 atom stereocenters. The Hall–Kier alpha value is -0.560. The van der Waals surface area contributed by atoms with Crippen molar-refractivity contribution in [2.45, 2.75) is 14.1 Å². The Bertz CT molecular complexity index is 919. The minimum Gasteiger partial charge on any atom is -0.497 e. The number of imide groups is 1. The number of benzene rings is 1. The number of fused-ring (bicyclic) bond motifs is 5. The van der Waals surface area contributed by atoms with Crippen LogP contribution in [0.2, 0.25) is 0 Å². The summed E-state index contributed by atoms with van der Waals surface area (Å²) in [5.41, 5.74) is 0.203. The van der Waals surface area contributed by atoms with Crippen LogP contribution in [-0.2, 0) is 9.59 Å². The Kier molecular flexibility index (Phi) is 4.60. The number of halogens is 6. The van der Waals surface area contributed by atoms with Crippen molar-refractivity contribution >= 4 is 87.1 Å². The van der Waals surface area contributed by atoms with E-state index in [1.54, 1.807) is 6.07 Å². The number of nitrogens with zero attached hydrogens (tertiary/aromatic N) is 1. The molecule has 1 saturated carbocycles. The first-order chi connectivity index (χ1) is 13.0. The number of methoxy groups -OCH3 is 2. The summed E-state index contributed by atoms with van der Waals surface area (Å²) in [6.07, 6.45) is 0. The van der Waals surface area contributed by atoms with Gasteiger partial charge in [0.05, 0.1) is 41.8 Å². The second-order valence-corrected chi connectivity index (χ2v) is 9.91. The van der Waals surface area contributed by atoms with Gasteiger partial charge in [0.1, 0.15) is 21.2 Å². The van der Waals surface area contributed by atoms with Crippen molar-refractivity contribution in [3.8, 4) is 11.5 Å². The van der Waals surface area contributed by atoms with Crippen molar-refractivity contribution < 1.29 is 19.1 Å². The lowest BCUT2D eigenvalue weighted by Crippen LogP contribution is -2.50. The predicted octanol–water partition coefficient (Wildman–Crippen LogP) is 4.65. The fraction of sp³-hybridized carbons (Fsp3) is 0.412. The average Bonchev–Trinajstić information content (AvgIpc) is 3.05. The SMILES string of the molecule is COc1ccc(N2C(=O)C3C(C2=O)C2(Cl)C(Cl)=C(Cl)C3(Cl)C2(Cl)Cl)c(OC)c1. The Morgan fingerprint density at radius 1 is 0.893 bits per heavy atom. The summed E-state index contributed by atoms with van der Waals surface area (Å²) in [5, 5.41) is -0.274. The number of ether oxygens (including phenoxy) is 2. The Morgan fingerprint density at radius 3 is 1.82 bits per heavy atom. The quantitative estimate of drug-likeness (QED) is 0.443. The molecule has 11 heteroatoms. The Labute approximate surface area is 190 Å². The first-order valence-corrected chi connectivity index (χ1v) is 10.2. The zero-order valence-electron chi connectivity index (χ0n) is 14.2. The smallest absolute Gasteiger partial charge is 0.240 e. The van der Waals surface area contributed by atoms with E-state index in [-0.39, 0.29) is 21.5 Å². The molecule has 2 fully saturated rings. The van der Waals surface area contributed by atoms with Crippen LogP contribution >= 0.6 is 69.6 Å².